The molecule has 0 aliphatic carbocycles. The maximum atomic E-state index is 12.7. The van der Waals surface area contributed by atoms with Crippen LogP contribution in [0.15, 0.2) is 18.2 Å². The first kappa shape index (κ1) is 14.1. The Hall–Kier alpha value is -1.36. The molecule has 0 atom stereocenters. The molecule has 0 N–H and O–H groups in total. The Kier molecular flexibility index (Phi) is 3.67. The van der Waals surface area contributed by atoms with E-state index >= 15 is 0 Å². The van der Waals surface area contributed by atoms with Crippen molar-refractivity contribution >= 4 is 22.5 Å². The van der Waals surface area contributed by atoms with Crippen LogP contribution in [0.1, 0.15) is 25.1 Å². The van der Waals surface area contributed by atoms with Gasteiger partial charge in [-0.1, -0.05) is 19.9 Å². The van der Waals surface area contributed by atoms with E-state index in [1.54, 1.807) is 0 Å². The zero-order chi connectivity index (χ0) is 14.2. The van der Waals surface area contributed by atoms with Gasteiger partial charge in [0.2, 0.25) is 5.28 Å². The quantitative estimate of drug-likeness (QED) is 0.760. The molecular formula is C13H12ClF3N2. The van der Waals surface area contributed by atoms with Gasteiger partial charge in [-0.15, -0.1) is 0 Å². The van der Waals surface area contributed by atoms with Crippen molar-refractivity contribution in [3.05, 3.63) is 34.7 Å². The number of halogens is 4. The van der Waals surface area contributed by atoms with Crippen LogP contribution in [0.4, 0.5) is 13.2 Å². The molecule has 0 fully saturated rings. The number of rotatable bonds is 2. The molecule has 102 valence electrons. The average Bonchev–Trinajstić information content (AvgIpc) is 2.25. The van der Waals surface area contributed by atoms with Crippen molar-refractivity contribution in [3.8, 4) is 0 Å². The van der Waals surface area contributed by atoms with Crippen molar-refractivity contribution in [2.45, 2.75) is 26.4 Å². The van der Waals surface area contributed by atoms with Gasteiger partial charge in [-0.25, -0.2) is 9.97 Å². The highest BCUT2D eigenvalue weighted by Crippen LogP contribution is 2.32. The van der Waals surface area contributed by atoms with Crippen LogP contribution in [0.5, 0.6) is 0 Å². The molecule has 1 aromatic heterocycles. The number of hydrogen-bond donors (Lipinski definition) is 0. The molecule has 0 aliphatic rings. The molecule has 2 rings (SSSR count). The van der Waals surface area contributed by atoms with E-state index in [1.165, 1.54) is 6.07 Å². The third-order valence-corrected chi connectivity index (χ3v) is 2.85. The van der Waals surface area contributed by atoms with E-state index in [4.69, 9.17) is 11.6 Å². The van der Waals surface area contributed by atoms with Gasteiger partial charge in [-0.05, 0) is 36.1 Å². The number of aromatic nitrogens is 2. The van der Waals surface area contributed by atoms with E-state index in [9.17, 15) is 13.2 Å². The van der Waals surface area contributed by atoms with Crippen LogP contribution in [0.3, 0.4) is 0 Å². The lowest BCUT2D eigenvalue weighted by atomic mass is 10.0. The lowest BCUT2D eigenvalue weighted by Crippen LogP contribution is -2.06. The summed E-state index contributed by atoms with van der Waals surface area (Å²) in [6.45, 7) is 4.01. The van der Waals surface area contributed by atoms with E-state index in [1.807, 2.05) is 13.8 Å². The molecule has 1 aromatic carbocycles. The Morgan fingerprint density at radius 2 is 1.89 bits per heavy atom. The largest absolute Gasteiger partial charge is 0.416 e. The smallest absolute Gasteiger partial charge is 0.222 e. The summed E-state index contributed by atoms with van der Waals surface area (Å²) in [4.78, 5) is 7.98. The molecule has 1 heterocycles. The second-order valence-electron chi connectivity index (χ2n) is 4.77. The molecule has 0 amide bonds. The Morgan fingerprint density at radius 3 is 2.47 bits per heavy atom. The first-order valence-electron chi connectivity index (χ1n) is 5.80. The van der Waals surface area contributed by atoms with Crippen LogP contribution in [0.25, 0.3) is 10.9 Å². The summed E-state index contributed by atoms with van der Waals surface area (Å²) in [5.41, 5.74) is 0.175. The molecule has 2 nitrogen and oxygen atoms in total. The molecule has 2 aromatic rings. The molecule has 0 saturated carbocycles. The Labute approximate surface area is 113 Å². The number of hydrogen-bond acceptors (Lipinski definition) is 2. The first-order valence-corrected chi connectivity index (χ1v) is 6.18. The highest BCUT2D eigenvalue weighted by atomic mass is 35.5. The molecule has 0 aliphatic heterocycles. The van der Waals surface area contributed by atoms with Gasteiger partial charge in [0.1, 0.15) is 0 Å². The highest BCUT2D eigenvalue weighted by molar-refractivity contribution is 6.28. The second kappa shape index (κ2) is 4.96. The topological polar surface area (TPSA) is 25.8 Å². The van der Waals surface area contributed by atoms with Crippen molar-refractivity contribution < 1.29 is 13.2 Å². The van der Waals surface area contributed by atoms with Crippen LogP contribution in [-0.2, 0) is 12.6 Å². The van der Waals surface area contributed by atoms with E-state index in [0.29, 0.717) is 23.4 Å². The summed E-state index contributed by atoms with van der Waals surface area (Å²) < 4.78 is 38.0. The van der Waals surface area contributed by atoms with Crippen molar-refractivity contribution in [2.75, 3.05) is 0 Å². The predicted molar refractivity (Wildman–Crippen MR) is 68.1 cm³/mol. The van der Waals surface area contributed by atoms with Crippen molar-refractivity contribution in [3.63, 3.8) is 0 Å². The lowest BCUT2D eigenvalue weighted by molar-refractivity contribution is -0.137. The summed E-state index contributed by atoms with van der Waals surface area (Å²) in [5.74, 6) is 0.330. The average molecular weight is 289 g/mol. The van der Waals surface area contributed by atoms with Crippen LogP contribution in [0.2, 0.25) is 5.28 Å². The molecule has 0 unspecified atom stereocenters. The first-order chi connectivity index (χ1) is 8.77. The van der Waals surface area contributed by atoms with E-state index in [-0.39, 0.29) is 10.8 Å². The standard InChI is InChI=1S/C13H12ClF3N2/c1-7(2)5-10-9-4-3-8(13(15,16)17)6-11(9)19-12(14)18-10/h3-4,6-7H,5H2,1-2H3. The van der Waals surface area contributed by atoms with Crippen LogP contribution < -0.4 is 0 Å². The number of fused-ring (bicyclic) bond motifs is 1. The Balaban J connectivity index is 2.61. The zero-order valence-corrected chi connectivity index (χ0v) is 11.2. The normalized spacial score (nSPS) is 12.4. The fourth-order valence-electron chi connectivity index (χ4n) is 1.88. The fraction of sp³-hybridized carbons (Fsp3) is 0.385. The highest BCUT2D eigenvalue weighted by Gasteiger charge is 2.30. The maximum Gasteiger partial charge on any atom is 0.416 e. The van der Waals surface area contributed by atoms with E-state index in [0.717, 1.165) is 12.1 Å². The molecule has 6 heteroatoms. The van der Waals surface area contributed by atoms with Crippen molar-refractivity contribution in [2.24, 2.45) is 5.92 Å². The van der Waals surface area contributed by atoms with Crippen LogP contribution in [-0.4, -0.2) is 9.97 Å². The molecule has 0 spiro atoms. The molecule has 0 radical (unpaired) electrons. The zero-order valence-electron chi connectivity index (χ0n) is 10.4. The lowest BCUT2D eigenvalue weighted by Gasteiger charge is -2.11. The van der Waals surface area contributed by atoms with Crippen LogP contribution >= 0.6 is 11.6 Å². The molecule has 19 heavy (non-hydrogen) atoms. The number of benzene rings is 1. The monoisotopic (exact) mass is 288 g/mol. The number of nitrogens with zero attached hydrogens (tertiary/aromatic N) is 2. The van der Waals surface area contributed by atoms with Gasteiger partial charge in [-0.2, -0.15) is 13.2 Å². The second-order valence-corrected chi connectivity index (χ2v) is 5.11. The molecule has 0 saturated heterocycles. The third-order valence-electron chi connectivity index (χ3n) is 2.68. The fourth-order valence-corrected chi connectivity index (χ4v) is 2.08. The van der Waals surface area contributed by atoms with Gasteiger partial charge >= 0.3 is 6.18 Å². The summed E-state index contributed by atoms with van der Waals surface area (Å²) in [6, 6.07) is 3.46. The molecular weight excluding hydrogens is 277 g/mol. The van der Waals surface area contributed by atoms with E-state index < -0.39 is 11.7 Å². The Morgan fingerprint density at radius 1 is 1.21 bits per heavy atom. The number of alkyl halides is 3. The molecule has 0 bridgehead atoms. The van der Waals surface area contributed by atoms with Gasteiger partial charge in [0.15, 0.2) is 0 Å². The van der Waals surface area contributed by atoms with Gasteiger partial charge in [0.05, 0.1) is 16.8 Å². The maximum absolute atomic E-state index is 12.7. The predicted octanol–water partition coefficient (Wildman–Crippen LogP) is 4.50. The van der Waals surface area contributed by atoms with Crippen LogP contribution in [0, 0.1) is 5.92 Å². The summed E-state index contributed by atoms with van der Waals surface area (Å²) in [6.07, 6.45) is -3.74. The summed E-state index contributed by atoms with van der Waals surface area (Å²) in [7, 11) is 0. The van der Waals surface area contributed by atoms with Gasteiger partial charge in [0.25, 0.3) is 0 Å². The minimum Gasteiger partial charge on any atom is -0.222 e. The van der Waals surface area contributed by atoms with Gasteiger partial charge in [-0.3, -0.25) is 0 Å². The Bertz CT molecular complexity index is 609. The van der Waals surface area contributed by atoms with Crippen molar-refractivity contribution in [1.82, 2.24) is 9.97 Å². The third kappa shape index (κ3) is 3.15. The van der Waals surface area contributed by atoms with Gasteiger partial charge < -0.3 is 0 Å². The minimum absolute atomic E-state index is 0.0255. The van der Waals surface area contributed by atoms with Gasteiger partial charge in [0, 0.05) is 5.39 Å². The summed E-state index contributed by atoms with van der Waals surface area (Å²) >= 11 is 5.77. The summed E-state index contributed by atoms with van der Waals surface area (Å²) in [5, 5.41) is 0.591. The minimum atomic E-state index is -4.39. The van der Waals surface area contributed by atoms with E-state index in [2.05, 4.69) is 9.97 Å². The van der Waals surface area contributed by atoms with Crippen molar-refractivity contribution in [1.29, 1.82) is 0 Å². The SMILES string of the molecule is CC(C)Cc1nc(Cl)nc2cc(C(F)(F)F)ccc12.